The van der Waals surface area contributed by atoms with Gasteiger partial charge in [-0.05, 0) is 19.3 Å². The molecule has 2 heterocycles. The van der Waals surface area contributed by atoms with Gasteiger partial charge in [-0.1, -0.05) is 6.92 Å². The van der Waals surface area contributed by atoms with Crippen LogP contribution in [-0.2, 0) is 4.79 Å². The largest absolute Gasteiger partial charge is 0.480 e. The van der Waals surface area contributed by atoms with E-state index in [0.717, 1.165) is 6.42 Å². The third-order valence-corrected chi connectivity index (χ3v) is 3.84. The highest BCUT2D eigenvalue weighted by Crippen LogP contribution is 2.27. The Morgan fingerprint density at radius 2 is 1.78 bits per heavy atom. The molecule has 0 aliphatic carbocycles. The van der Waals surface area contributed by atoms with Crippen LogP contribution in [0, 0.1) is 5.92 Å². The molecule has 2 aliphatic rings. The first-order valence-electron chi connectivity index (χ1n) is 6.38. The minimum absolute atomic E-state index is 0.118. The van der Waals surface area contributed by atoms with Crippen molar-refractivity contribution in [3.05, 3.63) is 0 Å². The van der Waals surface area contributed by atoms with Crippen LogP contribution in [0.4, 0.5) is 4.79 Å². The highest BCUT2D eigenvalue weighted by molar-refractivity contribution is 5.83. The molecular weight excluding hydrogens is 236 g/mol. The average molecular weight is 256 g/mol. The molecule has 0 aromatic carbocycles. The number of hydrogen-bond acceptors (Lipinski definition) is 3. The van der Waals surface area contributed by atoms with E-state index in [1.54, 1.807) is 4.90 Å². The van der Waals surface area contributed by atoms with Crippen molar-refractivity contribution in [2.45, 2.75) is 44.9 Å². The number of carbonyl (C=O) groups is 2. The summed E-state index contributed by atoms with van der Waals surface area (Å²) in [5.74, 6) is -0.598. The normalized spacial score (nSPS) is 36.2. The molecule has 2 aliphatic heterocycles. The molecule has 4 atom stereocenters. The van der Waals surface area contributed by atoms with E-state index in [9.17, 15) is 14.7 Å². The Labute approximate surface area is 106 Å². The summed E-state index contributed by atoms with van der Waals surface area (Å²) in [4.78, 5) is 26.5. The molecule has 0 aromatic rings. The van der Waals surface area contributed by atoms with Gasteiger partial charge in [0.1, 0.15) is 6.04 Å². The monoisotopic (exact) mass is 256 g/mol. The number of aliphatic hydroxyl groups excluding tert-OH is 1. The molecule has 2 saturated heterocycles. The van der Waals surface area contributed by atoms with Crippen molar-refractivity contribution in [2.75, 3.05) is 13.1 Å². The van der Waals surface area contributed by atoms with E-state index in [1.807, 2.05) is 6.92 Å². The first-order chi connectivity index (χ1) is 8.40. The fraction of sp³-hybridized carbons (Fsp3) is 0.833. The lowest BCUT2D eigenvalue weighted by Gasteiger charge is -2.30. The summed E-state index contributed by atoms with van der Waals surface area (Å²) >= 11 is 0. The van der Waals surface area contributed by atoms with Gasteiger partial charge in [-0.25, -0.2) is 9.59 Å². The third-order valence-electron chi connectivity index (χ3n) is 3.84. The number of carbonyl (C=O) groups excluding carboxylic acids is 1. The Bertz CT molecular complexity index is 360. The second-order valence-corrected chi connectivity index (χ2v) is 5.52. The highest BCUT2D eigenvalue weighted by atomic mass is 16.4. The number of β-amino-alcohol motifs (C(OH)–C–C–N with tert-alkyl or cyclic N) is 1. The Morgan fingerprint density at radius 3 is 2.28 bits per heavy atom. The molecular formula is C12H20N2O4. The number of aliphatic carboxylic acids is 1. The lowest BCUT2D eigenvalue weighted by atomic mass is 10.1. The number of nitrogens with zero attached hydrogens (tertiary/aromatic N) is 2. The summed E-state index contributed by atoms with van der Waals surface area (Å²) in [7, 11) is 0. The smallest absolute Gasteiger partial charge is 0.326 e. The average Bonchev–Trinajstić information content (AvgIpc) is 2.81. The summed E-state index contributed by atoms with van der Waals surface area (Å²) in [5, 5.41) is 18.6. The maximum atomic E-state index is 12.3. The van der Waals surface area contributed by atoms with Gasteiger partial charge in [-0.3, -0.25) is 0 Å². The summed E-state index contributed by atoms with van der Waals surface area (Å²) in [6.45, 7) is 4.84. The molecule has 2 rings (SSSR count). The molecule has 2 amide bonds. The van der Waals surface area contributed by atoms with Crippen molar-refractivity contribution in [1.82, 2.24) is 9.80 Å². The lowest BCUT2D eigenvalue weighted by molar-refractivity contribution is -0.141. The first-order valence-corrected chi connectivity index (χ1v) is 6.38. The summed E-state index contributed by atoms with van der Waals surface area (Å²) in [5.41, 5.74) is 0. The van der Waals surface area contributed by atoms with Crippen LogP contribution in [0.2, 0.25) is 0 Å². The van der Waals surface area contributed by atoms with E-state index < -0.39 is 18.1 Å². The zero-order chi connectivity index (χ0) is 13.4. The standard InChI is InChI=1S/C12H20N2O4/c1-7-3-8(2)13(5-7)12(18)14-6-9(15)4-10(14)11(16)17/h7-10,15H,3-6H2,1-2H3,(H,16,17)/t7?,8?,9-,10-/m1/s1. The van der Waals surface area contributed by atoms with Crippen LogP contribution in [0.5, 0.6) is 0 Å². The number of likely N-dealkylation sites (tertiary alicyclic amines) is 2. The van der Waals surface area contributed by atoms with Crippen molar-refractivity contribution in [2.24, 2.45) is 5.92 Å². The van der Waals surface area contributed by atoms with Crippen molar-refractivity contribution >= 4 is 12.0 Å². The van der Waals surface area contributed by atoms with E-state index in [2.05, 4.69) is 6.92 Å². The Balaban J connectivity index is 2.10. The van der Waals surface area contributed by atoms with Crippen LogP contribution >= 0.6 is 0 Å². The molecule has 0 saturated carbocycles. The van der Waals surface area contributed by atoms with Gasteiger partial charge in [-0.2, -0.15) is 0 Å². The van der Waals surface area contributed by atoms with Gasteiger partial charge in [0.05, 0.1) is 6.10 Å². The number of rotatable bonds is 1. The van der Waals surface area contributed by atoms with Gasteiger partial charge in [0.15, 0.2) is 0 Å². The topological polar surface area (TPSA) is 81.1 Å². The first kappa shape index (κ1) is 13.1. The number of aliphatic hydroxyl groups is 1. The van der Waals surface area contributed by atoms with Gasteiger partial charge in [0.25, 0.3) is 0 Å². The van der Waals surface area contributed by atoms with Crippen LogP contribution in [0.1, 0.15) is 26.7 Å². The molecule has 6 heteroatoms. The van der Waals surface area contributed by atoms with Gasteiger partial charge in [0.2, 0.25) is 0 Å². The third kappa shape index (κ3) is 2.29. The maximum absolute atomic E-state index is 12.3. The zero-order valence-electron chi connectivity index (χ0n) is 10.7. The summed E-state index contributed by atoms with van der Waals surface area (Å²) in [6.07, 6.45) is 0.337. The minimum Gasteiger partial charge on any atom is -0.480 e. The molecule has 2 N–H and O–H groups in total. The Hall–Kier alpha value is -1.30. The van der Waals surface area contributed by atoms with Crippen LogP contribution in [0.25, 0.3) is 0 Å². The quantitative estimate of drug-likeness (QED) is 0.709. The number of hydrogen-bond donors (Lipinski definition) is 2. The van der Waals surface area contributed by atoms with Crippen molar-refractivity contribution in [3.8, 4) is 0 Å². The summed E-state index contributed by atoms with van der Waals surface area (Å²) in [6, 6.07) is -1.01. The molecule has 18 heavy (non-hydrogen) atoms. The van der Waals surface area contributed by atoms with Crippen LogP contribution < -0.4 is 0 Å². The van der Waals surface area contributed by atoms with E-state index in [0.29, 0.717) is 12.5 Å². The maximum Gasteiger partial charge on any atom is 0.326 e. The van der Waals surface area contributed by atoms with Crippen molar-refractivity contribution in [3.63, 3.8) is 0 Å². The number of carboxylic acids is 1. The molecule has 0 spiro atoms. The molecule has 2 fully saturated rings. The predicted molar refractivity (Wildman–Crippen MR) is 64.1 cm³/mol. The lowest BCUT2D eigenvalue weighted by Crippen LogP contribution is -2.49. The number of amides is 2. The molecule has 6 nitrogen and oxygen atoms in total. The van der Waals surface area contributed by atoms with E-state index in [-0.39, 0.29) is 25.0 Å². The molecule has 2 unspecified atom stereocenters. The predicted octanol–water partition coefficient (Wildman–Crippen LogP) is 0.356. The fourth-order valence-electron chi connectivity index (χ4n) is 2.99. The van der Waals surface area contributed by atoms with Crippen LogP contribution in [0.15, 0.2) is 0 Å². The molecule has 0 radical (unpaired) electrons. The van der Waals surface area contributed by atoms with E-state index >= 15 is 0 Å². The van der Waals surface area contributed by atoms with Crippen molar-refractivity contribution < 1.29 is 19.8 Å². The summed E-state index contributed by atoms with van der Waals surface area (Å²) < 4.78 is 0. The highest BCUT2D eigenvalue weighted by Gasteiger charge is 2.42. The second-order valence-electron chi connectivity index (χ2n) is 5.52. The second kappa shape index (κ2) is 4.76. The Morgan fingerprint density at radius 1 is 1.11 bits per heavy atom. The van der Waals surface area contributed by atoms with Gasteiger partial charge >= 0.3 is 12.0 Å². The van der Waals surface area contributed by atoms with E-state index in [1.165, 1.54) is 4.90 Å². The number of carboxylic acid groups (broad SMARTS) is 1. The molecule has 102 valence electrons. The van der Waals surface area contributed by atoms with Crippen LogP contribution in [0.3, 0.4) is 0 Å². The minimum atomic E-state index is -1.04. The van der Waals surface area contributed by atoms with Gasteiger partial charge in [0, 0.05) is 25.6 Å². The zero-order valence-corrected chi connectivity index (χ0v) is 10.7. The SMILES string of the molecule is CC1CC(C)N(C(=O)N2C[C@H](O)C[C@@H]2C(=O)O)C1. The van der Waals surface area contributed by atoms with E-state index in [4.69, 9.17) is 5.11 Å². The van der Waals surface area contributed by atoms with Gasteiger partial charge < -0.3 is 20.0 Å². The van der Waals surface area contributed by atoms with Crippen LogP contribution in [-0.4, -0.2) is 63.3 Å². The van der Waals surface area contributed by atoms with Crippen molar-refractivity contribution in [1.29, 1.82) is 0 Å². The van der Waals surface area contributed by atoms with Gasteiger partial charge in [-0.15, -0.1) is 0 Å². The number of urea groups is 1. The molecule has 0 bridgehead atoms. The fourth-order valence-corrected chi connectivity index (χ4v) is 2.99. The molecule has 0 aromatic heterocycles. The Kier molecular flexibility index (Phi) is 3.47.